The lowest BCUT2D eigenvalue weighted by molar-refractivity contribution is -0.462. The highest BCUT2D eigenvalue weighted by molar-refractivity contribution is 5.92. The molecule has 0 saturated carbocycles. The zero-order valence-corrected chi connectivity index (χ0v) is 36.7. The summed E-state index contributed by atoms with van der Waals surface area (Å²) in [7, 11) is 0. The molecule has 54 heteroatoms. The summed E-state index contributed by atoms with van der Waals surface area (Å²) in [6, 6.07) is 0. The first kappa shape index (κ1) is 93.9. The van der Waals surface area contributed by atoms with E-state index in [2.05, 4.69) is 11.3 Å². The number of hydrogen-bond donors (Lipinski definition) is 5. The summed E-state index contributed by atoms with van der Waals surface area (Å²) in [6.07, 6.45) is -90.9. The fraction of sp³-hybridized carbons (Fsp3) is 0.839. The van der Waals surface area contributed by atoms with Crippen molar-refractivity contribution < 1.29 is 242 Å². The summed E-state index contributed by atoms with van der Waals surface area (Å²) >= 11 is 0. The monoisotopic (exact) mass is 1390 g/mol. The number of esters is 1. The van der Waals surface area contributed by atoms with Gasteiger partial charge in [-0.2, -0.15) is 198 Å². The van der Waals surface area contributed by atoms with Gasteiger partial charge in [0.05, 0.1) is 0 Å². The Morgan fingerprint density at radius 2 is 0.565 bits per heavy atom. The molecule has 0 heterocycles. The lowest BCUT2D eigenvalue weighted by atomic mass is 9.81. The molecule has 2 atom stereocenters. The number of halogens is 45. The van der Waals surface area contributed by atoms with E-state index in [9.17, 15) is 212 Å². The highest BCUT2D eigenvalue weighted by Crippen LogP contribution is 2.61. The van der Waals surface area contributed by atoms with Crippen LogP contribution in [0.3, 0.4) is 0 Å². The number of aliphatic hydroxyl groups is 5. The first-order valence-corrected chi connectivity index (χ1v) is 17.2. The second-order valence-electron chi connectivity index (χ2n) is 14.2. The molecule has 516 valence electrons. The fourth-order valence-electron chi connectivity index (χ4n) is 3.66. The number of alkyl halides is 45. The van der Waals surface area contributed by atoms with Crippen LogP contribution < -0.4 is 0 Å². The van der Waals surface area contributed by atoms with Crippen LogP contribution in [0.25, 0.3) is 0 Å². The summed E-state index contributed by atoms with van der Waals surface area (Å²) in [5, 5.41) is 40.7. The van der Waals surface area contributed by atoms with Crippen LogP contribution in [0, 0.1) is 0 Å². The average molecular weight is 1390 g/mol. The van der Waals surface area contributed by atoms with Crippen molar-refractivity contribution in [3.8, 4) is 0 Å². The van der Waals surface area contributed by atoms with Crippen molar-refractivity contribution in [2.45, 2.75) is 161 Å². The Morgan fingerprint density at radius 3 is 0.694 bits per heavy atom. The molecule has 85 heavy (non-hydrogen) atoms. The van der Waals surface area contributed by atoms with Gasteiger partial charge < -0.3 is 30.3 Å². The van der Waals surface area contributed by atoms with Crippen LogP contribution in [-0.2, 0) is 19.1 Å². The molecule has 0 aliphatic heterocycles. The summed E-state index contributed by atoms with van der Waals surface area (Å²) in [5.41, 5.74) is -32.9. The van der Waals surface area contributed by atoms with E-state index < -0.39 is 164 Å². The minimum Gasteiger partial charge on any atom is -0.440 e. The van der Waals surface area contributed by atoms with E-state index in [1.54, 1.807) is 0 Å². The zero-order valence-electron chi connectivity index (χ0n) is 36.7. The molecule has 0 rings (SSSR count). The molecule has 0 aromatic heterocycles. The first-order valence-electron chi connectivity index (χ1n) is 17.2. The normalized spacial score (nSPS) is 16.1. The molecule has 0 bridgehead atoms. The van der Waals surface area contributed by atoms with Crippen LogP contribution >= 0.6 is 0 Å². The quantitative estimate of drug-likeness (QED) is 0.0905. The number of ketones is 2. The maximum Gasteiger partial charge on any atom is 0.459 e. The third-order valence-corrected chi connectivity index (χ3v) is 8.28. The molecule has 0 fully saturated rings. The Bertz CT molecular complexity index is 2070. The van der Waals surface area contributed by atoms with E-state index in [0.717, 1.165) is 0 Å². The van der Waals surface area contributed by atoms with Gasteiger partial charge in [-0.3, -0.25) is 9.59 Å². The number of carbonyl (C=O) groups excluding carboxylic acids is 3. The smallest absolute Gasteiger partial charge is 0.440 e. The van der Waals surface area contributed by atoms with Gasteiger partial charge in [0, 0.05) is 6.08 Å². The molecule has 5 N–H and O–H groups in total. The standard InChI is InChI=1S/C10H7F11O3.C7H5F11O2.C6HF11O2.C3H2F6O.C3F6O.2CH4/c1-3-4(22)24-5(2,8(13,14)15)7(11,12)6(23,9(16,17)18)10(19,20)21;1-2(19,5(10,11)12)4(8,9)3(20,6(13,14)15)7(16,17)18;7-2(8,1(18)3(9,10)11)4(19,5(12,13)14)6(15,16)17;2*4-2(5,6)1(10)3(7,8)9;;/h3,23H,1H2,2H3;19-20H,1H3;19H;1,10H;;2*1H4. The summed E-state index contributed by atoms with van der Waals surface area (Å²) in [5.74, 6) is -32.1. The van der Waals surface area contributed by atoms with Gasteiger partial charge in [0.15, 0.2) is 0 Å². The molecular formula is C31H23F45O9. The van der Waals surface area contributed by atoms with Crippen molar-refractivity contribution >= 4 is 17.5 Å². The highest BCUT2D eigenvalue weighted by Gasteiger charge is 2.92. The van der Waals surface area contributed by atoms with Crippen LogP contribution in [0.15, 0.2) is 12.7 Å². The highest BCUT2D eigenvalue weighted by atomic mass is 19.5. The third-order valence-electron chi connectivity index (χ3n) is 8.28. The van der Waals surface area contributed by atoms with Crippen molar-refractivity contribution in [1.29, 1.82) is 0 Å². The van der Waals surface area contributed by atoms with Crippen molar-refractivity contribution in [1.82, 2.24) is 0 Å². The van der Waals surface area contributed by atoms with Crippen LogP contribution in [0.4, 0.5) is 198 Å². The second-order valence-corrected chi connectivity index (χ2v) is 14.2. The predicted octanol–water partition coefficient (Wildman–Crippen LogP) is 13.4. The predicted molar refractivity (Wildman–Crippen MR) is 173 cm³/mol. The fourth-order valence-corrected chi connectivity index (χ4v) is 3.66. The molecule has 9 nitrogen and oxygen atoms in total. The lowest BCUT2D eigenvalue weighted by Gasteiger charge is -2.46. The van der Waals surface area contributed by atoms with Crippen LogP contribution in [-0.4, -0.2) is 175 Å². The molecule has 0 saturated heterocycles. The number of carbonyl (C=O) groups is 3. The average Bonchev–Trinajstić information content (AvgIpc) is 3.17. The Labute approximate surface area is 434 Å². The number of hydrogen-bond acceptors (Lipinski definition) is 9. The van der Waals surface area contributed by atoms with Gasteiger partial charge in [-0.05, 0) is 13.8 Å². The van der Waals surface area contributed by atoms with Gasteiger partial charge in [-0.25, -0.2) is 4.79 Å². The lowest BCUT2D eigenvalue weighted by Crippen LogP contribution is -2.77. The molecule has 0 amide bonds. The van der Waals surface area contributed by atoms with Crippen LogP contribution in [0.2, 0.25) is 0 Å². The van der Waals surface area contributed by atoms with E-state index in [-0.39, 0.29) is 20.9 Å². The van der Waals surface area contributed by atoms with Gasteiger partial charge in [0.2, 0.25) is 11.7 Å². The molecule has 0 aromatic carbocycles. The number of aliphatic hydroxyl groups excluding tert-OH is 1. The Hall–Kier alpha value is -4.80. The Kier molecular flexibility index (Phi) is 29.3. The molecule has 0 aliphatic rings. The summed E-state index contributed by atoms with van der Waals surface area (Å²) < 4.78 is 541. The van der Waals surface area contributed by atoms with E-state index in [1.165, 1.54) is 0 Å². The molecule has 0 aliphatic carbocycles. The van der Waals surface area contributed by atoms with Gasteiger partial charge in [-0.15, -0.1) is 0 Å². The number of ether oxygens (including phenoxy) is 1. The maximum atomic E-state index is 13.8. The van der Waals surface area contributed by atoms with E-state index >= 15 is 0 Å². The first-order chi connectivity index (χ1) is 34.7. The van der Waals surface area contributed by atoms with Crippen molar-refractivity contribution in [3.63, 3.8) is 0 Å². The topological polar surface area (TPSA) is 162 Å². The van der Waals surface area contributed by atoms with Crippen molar-refractivity contribution in [3.05, 3.63) is 12.7 Å². The van der Waals surface area contributed by atoms with Gasteiger partial charge >= 0.3 is 132 Å². The number of rotatable bonds is 8. The molecule has 0 aromatic rings. The molecule has 0 spiro atoms. The van der Waals surface area contributed by atoms with Crippen molar-refractivity contribution in [2.24, 2.45) is 0 Å². The van der Waals surface area contributed by atoms with Gasteiger partial charge in [0.25, 0.3) is 5.60 Å². The van der Waals surface area contributed by atoms with E-state index in [0.29, 0.717) is 0 Å². The zero-order chi connectivity index (χ0) is 70.2. The van der Waals surface area contributed by atoms with E-state index in [1.807, 2.05) is 0 Å². The van der Waals surface area contributed by atoms with Crippen LogP contribution in [0.5, 0.6) is 0 Å². The SMILES string of the molecule is C.C.C=CC(=O)OC(C)(C(F)(F)F)C(F)(F)C(O)(C(F)(F)F)C(F)(F)F.CC(O)(C(F)(F)F)C(F)(F)C(O)(C(F)(F)F)C(F)(F)F.O=C(C(F)(F)F)C(F)(F)C(O)(C(F)(F)F)C(F)(F)F.O=C(C(F)(F)F)C(F)(F)F.OC(C(F)(F)F)C(F)(F)F. The summed E-state index contributed by atoms with van der Waals surface area (Å²) in [4.78, 5) is 30.0. The third kappa shape index (κ3) is 19.6. The summed E-state index contributed by atoms with van der Waals surface area (Å²) in [6.45, 7) is 0.509. The minimum absolute atomic E-state index is 0. The largest absolute Gasteiger partial charge is 0.459 e. The maximum absolute atomic E-state index is 13.8. The molecular weight excluding hydrogens is 1370 g/mol. The van der Waals surface area contributed by atoms with Crippen LogP contribution in [0.1, 0.15) is 28.7 Å². The Morgan fingerprint density at radius 1 is 0.353 bits per heavy atom. The number of Topliss-reactive ketones (excluding diaryl/α,β-unsaturated/α-hetero) is 2. The Balaban J connectivity index is -0.000000184. The van der Waals surface area contributed by atoms with Crippen molar-refractivity contribution in [2.75, 3.05) is 0 Å². The molecule has 2 unspecified atom stereocenters. The van der Waals surface area contributed by atoms with Gasteiger partial charge in [0.1, 0.15) is 0 Å². The van der Waals surface area contributed by atoms with E-state index in [4.69, 9.17) is 25.5 Å². The second kappa shape index (κ2) is 26.5. The molecule has 0 radical (unpaired) electrons. The van der Waals surface area contributed by atoms with Gasteiger partial charge in [-0.1, -0.05) is 21.4 Å². The minimum atomic E-state index is -7.30.